The number of hydrazone groups is 1. The van der Waals surface area contributed by atoms with E-state index in [0.29, 0.717) is 23.3 Å². The van der Waals surface area contributed by atoms with Crippen molar-refractivity contribution in [1.29, 1.82) is 0 Å². The number of aryl methyl sites for hydroxylation is 1. The van der Waals surface area contributed by atoms with E-state index < -0.39 is 5.91 Å². The van der Waals surface area contributed by atoms with E-state index in [4.69, 9.17) is 0 Å². The van der Waals surface area contributed by atoms with Crippen LogP contribution >= 0.6 is 0 Å². The standard InChI is InChI=1S/C22H20N2O3/c25-18-10-6-9-17(15-18)22(27)24-23-20(19-11-4-5-12-21(19)26)14-13-16-7-2-1-3-8-16/h1-12,15,25-26H,13-14H2,(H,24,27)/b23-20+. The quantitative estimate of drug-likeness (QED) is 0.461. The number of hydrogen-bond donors (Lipinski definition) is 3. The molecule has 0 unspecified atom stereocenters. The maximum absolute atomic E-state index is 12.3. The summed E-state index contributed by atoms with van der Waals surface area (Å²) < 4.78 is 0. The molecular weight excluding hydrogens is 340 g/mol. The minimum absolute atomic E-state index is 0.0108. The third kappa shape index (κ3) is 4.95. The van der Waals surface area contributed by atoms with Gasteiger partial charge in [-0.05, 0) is 48.7 Å². The van der Waals surface area contributed by atoms with Crippen molar-refractivity contribution in [3.63, 3.8) is 0 Å². The number of aromatic hydroxyl groups is 2. The Morgan fingerprint density at radius 3 is 2.37 bits per heavy atom. The molecule has 0 radical (unpaired) electrons. The molecule has 0 saturated heterocycles. The summed E-state index contributed by atoms with van der Waals surface area (Å²) in [6.45, 7) is 0. The van der Waals surface area contributed by atoms with Crippen molar-refractivity contribution in [1.82, 2.24) is 5.43 Å². The first-order valence-corrected chi connectivity index (χ1v) is 8.62. The summed E-state index contributed by atoms with van der Waals surface area (Å²) in [5, 5.41) is 23.9. The van der Waals surface area contributed by atoms with Crippen LogP contribution in [0.25, 0.3) is 0 Å². The number of phenolic OH excluding ortho intramolecular Hbond substituents is 2. The molecule has 136 valence electrons. The molecule has 5 heteroatoms. The molecular formula is C22H20N2O3. The van der Waals surface area contributed by atoms with Gasteiger partial charge in [-0.2, -0.15) is 5.10 Å². The number of rotatable bonds is 6. The van der Waals surface area contributed by atoms with Gasteiger partial charge in [0.2, 0.25) is 0 Å². The van der Waals surface area contributed by atoms with Crippen LogP contribution in [0.2, 0.25) is 0 Å². The lowest BCUT2D eigenvalue weighted by Gasteiger charge is -2.10. The Bertz CT molecular complexity index is 953. The van der Waals surface area contributed by atoms with E-state index in [-0.39, 0.29) is 11.5 Å². The fraction of sp³-hybridized carbons (Fsp3) is 0.0909. The second kappa shape index (κ2) is 8.67. The number of benzene rings is 3. The van der Waals surface area contributed by atoms with E-state index >= 15 is 0 Å². The summed E-state index contributed by atoms with van der Waals surface area (Å²) in [6.07, 6.45) is 1.26. The van der Waals surface area contributed by atoms with Crippen molar-refractivity contribution in [3.8, 4) is 11.5 Å². The van der Waals surface area contributed by atoms with Crippen LogP contribution in [0.1, 0.15) is 27.9 Å². The zero-order valence-electron chi connectivity index (χ0n) is 14.7. The van der Waals surface area contributed by atoms with Crippen LogP contribution in [0.5, 0.6) is 11.5 Å². The highest BCUT2D eigenvalue weighted by atomic mass is 16.3. The van der Waals surface area contributed by atoms with Crippen LogP contribution < -0.4 is 5.43 Å². The van der Waals surface area contributed by atoms with Crippen molar-refractivity contribution in [2.24, 2.45) is 5.10 Å². The minimum Gasteiger partial charge on any atom is -0.508 e. The molecule has 5 nitrogen and oxygen atoms in total. The predicted molar refractivity (Wildman–Crippen MR) is 105 cm³/mol. The summed E-state index contributed by atoms with van der Waals surface area (Å²) in [6, 6.07) is 22.9. The zero-order valence-corrected chi connectivity index (χ0v) is 14.7. The molecule has 0 bridgehead atoms. The van der Waals surface area contributed by atoms with E-state index in [2.05, 4.69) is 10.5 Å². The Balaban J connectivity index is 1.81. The van der Waals surface area contributed by atoms with Crippen molar-refractivity contribution >= 4 is 11.6 Å². The molecule has 3 aromatic rings. The van der Waals surface area contributed by atoms with Crippen molar-refractivity contribution in [2.75, 3.05) is 0 Å². The highest BCUT2D eigenvalue weighted by molar-refractivity contribution is 6.04. The van der Waals surface area contributed by atoms with E-state index in [9.17, 15) is 15.0 Å². The Hall–Kier alpha value is -3.60. The van der Waals surface area contributed by atoms with Gasteiger partial charge in [0, 0.05) is 11.1 Å². The van der Waals surface area contributed by atoms with Crippen LogP contribution in [-0.2, 0) is 6.42 Å². The molecule has 0 atom stereocenters. The SMILES string of the molecule is O=C(N/N=C(\CCc1ccccc1)c1ccccc1O)c1cccc(O)c1. The second-order valence-electron chi connectivity index (χ2n) is 6.05. The number of para-hydroxylation sites is 1. The number of nitrogens with zero attached hydrogens (tertiary/aromatic N) is 1. The van der Waals surface area contributed by atoms with Crippen LogP contribution in [0.3, 0.4) is 0 Å². The minimum atomic E-state index is -0.432. The molecule has 0 aliphatic rings. The van der Waals surface area contributed by atoms with Crippen LogP contribution in [0.4, 0.5) is 0 Å². The molecule has 0 aliphatic carbocycles. The van der Waals surface area contributed by atoms with Gasteiger partial charge in [0.1, 0.15) is 11.5 Å². The topological polar surface area (TPSA) is 81.9 Å². The Labute approximate surface area is 157 Å². The lowest BCUT2D eigenvalue weighted by Crippen LogP contribution is -2.20. The van der Waals surface area contributed by atoms with Gasteiger partial charge in [-0.1, -0.05) is 48.5 Å². The molecule has 0 heterocycles. The molecule has 1 amide bonds. The Morgan fingerprint density at radius 2 is 1.63 bits per heavy atom. The monoisotopic (exact) mass is 360 g/mol. The summed E-state index contributed by atoms with van der Waals surface area (Å²) in [5.74, 6) is -0.314. The molecule has 0 saturated carbocycles. The van der Waals surface area contributed by atoms with Gasteiger partial charge in [0.25, 0.3) is 5.91 Å². The summed E-state index contributed by atoms with van der Waals surface area (Å²) >= 11 is 0. The first-order chi connectivity index (χ1) is 13.1. The van der Waals surface area contributed by atoms with E-state index in [0.717, 1.165) is 12.0 Å². The number of carbonyl (C=O) groups is 1. The Kier molecular flexibility index (Phi) is 5.84. The first-order valence-electron chi connectivity index (χ1n) is 8.62. The van der Waals surface area contributed by atoms with E-state index in [1.165, 1.54) is 12.1 Å². The van der Waals surface area contributed by atoms with Crippen molar-refractivity contribution in [3.05, 3.63) is 95.6 Å². The van der Waals surface area contributed by atoms with Gasteiger partial charge < -0.3 is 10.2 Å². The summed E-state index contributed by atoms with van der Waals surface area (Å²) in [4.78, 5) is 12.3. The normalized spacial score (nSPS) is 11.2. The summed E-state index contributed by atoms with van der Waals surface area (Å²) in [7, 11) is 0. The van der Waals surface area contributed by atoms with Gasteiger partial charge in [-0.15, -0.1) is 0 Å². The maximum Gasteiger partial charge on any atom is 0.271 e. The fourth-order valence-corrected chi connectivity index (χ4v) is 2.71. The lowest BCUT2D eigenvalue weighted by atomic mass is 10.0. The molecule has 3 rings (SSSR count). The number of hydrogen-bond acceptors (Lipinski definition) is 4. The average Bonchev–Trinajstić information content (AvgIpc) is 2.69. The predicted octanol–water partition coefficient (Wildman–Crippen LogP) is 3.86. The van der Waals surface area contributed by atoms with Crippen molar-refractivity contribution < 1.29 is 15.0 Å². The maximum atomic E-state index is 12.3. The van der Waals surface area contributed by atoms with Gasteiger partial charge in [0.05, 0.1) is 5.71 Å². The Morgan fingerprint density at radius 1 is 0.889 bits per heavy atom. The fourth-order valence-electron chi connectivity index (χ4n) is 2.71. The number of nitrogens with one attached hydrogen (secondary N) is 1. The second-order valence-corrected chi connectivity index (χ2v) is 6.05. The highest BCUT2D eigenvalue weighted by Gasteiger charge is 2.11. The first kappa shape index (κ1) is 18.2. The molecule has 3 N–H and O–H groups in total. The largest absolute Gasteiger partial charge is 0.508 e. The van der Waals surface area contributed by atoms with Gasteiger partial charge in [-0.3, -0.25) is 4.79 Å². The third-order valence-corrected chi connectivity index (χ3v) is 4.11. The van der Waals surface area contributed by atoms with E-state index in [1.54, 1.807) is 30.3 Å². The number of phenols is 2. The van der Waals surface area contributed by atoms with Gasteiger partial charge >= 0.3 is 0 Å². The van der Waals surface area contributed by atoms with Crippen LogP contribution in [-0.4, -0.2) is 21.8 Å². The van der Waals surface area contributed by atoms with Crippen LogP contribution in [0, 0.1) is 0 Å². The van der Waals surface area contributed by atoms with Crippen LogP contribution in [0.15, 0.2) is 84.0 Å². The molecule has 27 heavy (non-hydrogen) atoms. The van der Waals surface area contributed by atoms with Gasteiger partial charge in [-0.25, -0.2) is 5.43 Å². The number of amides is 1. The lowest BCUT2D eigenvalue weighted by molar-refractivity contribution is 0.0954. The highest BCUT2D eigenvalue weighted by Crippen LogP contribution is 2.19. The molecule has 0 aromatic heterocycles. The van der Waals surface area contributed by atoms with Crippen molar-refractivity contribution in [2.45, 2.75) is 12.8 Å². The zero-order chi connectivity index (χ0) is 19.1. The van der Waals surface area contributed by atoms with Gasteiger partial charge in [0.15, 0.2) is 0 Å². The molecule has 0 spiro atoms. The smallest absolute Gasteiger partial charge is 0.271 e. The summed E-state index contributed by atoms with van der Waals surface area (Å²) in [5.41, 5.74) is 5.11. The third-order valence-electron chi connectivity index (χ3n) is 4.11. The molecule has 0 aliphatic heterocycles. The molecule has 0 fully saturated rings. The molecule has 3 aromatic carbocycles. The average molecular weight is 360 g/mol. The van der Waals surface area contributed by atoms with E-state index in [1.807, 2.05) is 36.4 Å². The number of carbonyl (C=O) groups excluding carboxylic acids is 1.